The molecule has 4 rings (SSSR count). The molecule has 1 fully saturated rings. The van der Waals surface area contributed by atoms with Crippen LogP contribution in [0.25, 0.3) is 10.2 Å². The number of fused-ring (bicyclic) bond motifs is 1. The zero-order valence-corrected chi connectivity index (χ0v) is 20.6. The minimum atomic E-state index is -1.43. The standard InChI is InChI=1S/C24H27FN4O6S/c1-12-19-21(26-11-27-23(19)36-20(12)22(31)29-17(10-30)24(32)33)28-16-8-3-13(25)9-18(16)35-15-6-4-14(34-2)5-7-15/h3,8-9,11,14-15,17,30H,4-7,10H2,1-2H3,(H,29,31)(H,32,33)(H,26,27,28)/t14?,15?,17-/m0/s1. The van der Waals surface area contributed by atoms with E-state index >= 15 is 0 Å². The van der Waals surface area contributed by atoms with Crippen molar-refractivity contribution in [3.05, 3.63) is 40.8 Å². The van der Waals surface area contributed by atoms with Crippen LogP contribution < -0.4 is 15.4 Å². The number of nitrogens with one attached hydrogen (secondary N) is 2. The highest BCUT2D eigenvalue weighted by molar-refractivity contribution is 7.20. The number of carbonyl (C=O) groups is 2. The molecular weight excluding hydrogens is 491 g/mol. The lowest BCUT2D eigenvalue weighted by atomic mass is 9.95. The van der Waals surface area contributed by atoms with Crippen LogP contribution in [0.15, 0.2) is 24.5 Å². The first-order valence-electron chi connectivity index (χ1n) is 11.4. The molecule has 1 amide bonds. The van der Waals surface area contributed by atoms with E-state index in [0.29, 0.717) is 33.0 Å². The van der Waals surface area contributed by atoms with E-state index < -0.39 is 30.3 Å². The predicted octanol–water partition coefficient (Wildman–Crippen LogP) is 3.39. The summed E-state index contributed by atoms with van der Waals surface area (Å²) in [4.78, 5) is 33.2. The average molecular weight is 519 g/mol. The number of aromatic nitrogens is 2. The van der Waals surface area contributed by atoms with Gasteiger partial charge in [0.2, 0.25) is 0 Å². The molecule has 10 nitrogen and oxygen atoms in total. The molecule has 1 aliphatic carbocycles. The van der Waals surface area contributed by atoms with Gasteiger partial charge in [0.05, 0.1) is 34.8 Å². The number of carboxylic acids is 1. The summed E-state index contributed by atoms with van der Waals surface area (Å²) in [5, 5.41) is 24.4. The average Bonchev–Trinajstić information content (AvgIpc) is 3.21. The van der Waals surface area contributed by atoms with Gasteiger partial charge in [-0.15, -0.1) is 11.3 Å². The van der Waals surface area contributed by atoms with E-state index in [-0.39, 0.29) is 17.1 Å². The zero-order chi connectivity index (χ0) is 25.8. The van der Waals surface area contributed by atoms with E-state index in [1.807, 2.05) is 0 Å². The molecule has 1 aromatic carbocycles. The Labute approximate surface area is 210 Å². The van der Waals surface area contributed by atoms with Gasteiger partial charge >= 0.3 is 5.97 Å². The molecule has 0 aliphatic heterocycles. The van der Waals surface area contributed by atoms with Crippen molar-refractivity contribution >= 4 is 44.9 Å². The number of rotatable bonds is 9. The van der Waals surface area contributed by atoms with Crippen LogP contribution in [-0.2, 0) is 9.53 Å². The number of aliphatic hydroxyl groups is 1. The number of aliphatic hydroxyl groups excluding tert-OH is 1. The summed E-state index contributed by atoms with van der Waals surface area (Å²) < 4.78 is 25.7. The lowest BCUT2D eigenvalue weighted by Crippen LogP contribution is -2.43. The number of nitrogens with zero attached hydrogens (tertiary/aromatic N) is 2. The van der Waals surface area contributed by atoms with Crippen LogP contribution >= 0.6 is 11.3 Å². The molecule has 3 aromatic rings. The summed E-state index contributed by atoms with van der Waals surface area (Å²) in [6, 6.07) is 2.77. The second-order valence-electron chi connectivity index (χ2n) is 8.52. The summed E-state index contributed by atoms with van der Waals surface area (Å²) in [5.74, 6) is -1.67. The van der Waals surface area contributed by atoms with Gasteiger partial charge < -0.3 is 30.3 Å². The first kappa shape index (κ1) is 25.7. The molecule has 2 heterocycles. The number of aryl methyl sites for hydroxylation is 1. The number of hydrogen-bond donors (Lipinski definition) is 4. The van der Waals surface area contributed by atoms with Crippen LogP contribution in [0, 0.1) is 12.7 Å². The Bertz CT molecular complexity index is 1260. The highest BCUT2D eigenvalue weighted by Gasteiger charge is 2.26. The second-order valence-corrected chi connectivity index (χ2v) is 9.52. The molecule has 0 bridgehead atoms. The molecule has 0 spiro atoms. The molecule has 0 unspecified atom stereocenters. The number of ether oxygens (including phenoxy) is 2. The molecular formula is C24H27FN4O6S. The van der Waals surface area contributed by atoms with Gasteiger partial charge in [0, 0.05) is 13.2 Å². The summed E-state index contributed by atoms with van der Waals surface area (Å²) in [7, 11) is 1.70. The van der Waals surface area contributed by atoms with Crippen molar-refractivity contribution in [2.24, 2.45) is 0 Å². The van der Waals surface area contributed by atoms with Crippen LogP contribution in [0.4, 0.5) is 15.9 Å². The quantitative estimate of drug-likeness (QED) is 0.335. The highest BCUT2D eigenvalue weighted by atomic mass is 32.1. The van der Waals surface area contributed by atoms with Gasteiger partial charge in [-0.3, -0.25) is 4.79 Å². The van der Waals surface area contributed by atoms with Crippen molar-refractivity contribution in [2.45, 2.75) is 50.9 Å². The van der Waals surface area contributed by atoms with Gasteiger partial charge in [-0.25, -0.2) is 19.2 Å². The fourth-order valence-electron chi connectivity index (χ4n) is 4.18. The Morgan fingerprint density at radius 3 is 2.61 bits per heavy atom. The molecule has 0 radical (unpaired) electrons. The van der Waals surface area contributed by atoms with Gasteiger partial charge in [-0.1, -0.05) is 0 Å². The normalized spacial score (nSPS) is 18.6. The van der Waals surface area contributed by atoms with Crippen molar-refractivity contribution in [3.8, 4) is 5.75 Å². The highest BCUT2D eigenvalue weighted by Crippen LogP contribution is 2.37. The molecule has 1 atom stereocenters. The van der Waals surface area contributed by atoms with E-state index in [4.69, 9.17) is 14.6 Å². The van der Waals surface area contributed by atoms with Gasteiger partial charge in [-0.2, -0.15) is 0 Å². The second kappa shape index (κ2) is 11.1. The first-order valence-corrected chi connectivity index (χ1v) is 12.3. The Morgan fingerprint density at radius 2 is 1.94 bits per heavy atom. The van der Waals surface area contributed by atoms with Crippen molar-refractivity contribution in [3.63, 3.8) is 0 Å². The fraction of sp³-hybridized carbons (Fsp3) is 0.417. The maximum absolute atomic E-state index is 14.1. The van der Waals surface area contributed by atoms with Gasteiger partial charge in [0.25, 0.3) is 5.91 Å². The number of benzene rings is 1. The van der Waals surface area contributed by atoms with Gasteiger partial charge in [0.15, 0.2) is 6.04 Å². The smallest absolute Gasteiger partial charge is 0.328 e. The minimum absolute atomic E-state index is 0.0731. The number of methoxy groups -OCH3 is 1. The third kappa shape index (κ3) is 5.55. The number of thiophene rings is 1. The largest absolute Gasteiger partial charge is 0.488 e. The maximum Gasteiger partial charge on any atom is 0.328 e. The molecule has 12 heteroatoms. The summed E-state index contributed by atoms with van der Waals surface area (Å²) in [6.07, 6.45) is 4.79. The first-order chi connectivity index (χ1) is 17.3. The van der Waals surface area contributed by atoms with Gasteiger partial charge in [-0.05, 0) is 50.3 Å². The van der Waals surface area contributed by atoms with E-state index in [2.05, 4.69) is 20.6 Å². The maximum atomic E-state index is 14.1. The van der Waals surface area contributed by atoms with Crippen LogP contribution in [0.3, 0.4) is 0 Å². The van der Waals surface area contributed by atoms with Crippen molar-refractivity contribution in [1.29, 1.82) is 0 Å². The van der Waals surface area contributed by atoms with Crippen LogP contribution in [0.1, 0.15) is 40.9 Å². The molecule has 1 saturated carbocycles. The Morgan fingerprint density at radius 1 is 1.22 bits per heavy atom. The number of carboxylic acid groups (broad SMARTS) is 1. The number of carbonyl (C=O) groups excluding carboxylic acids is 1. The van der Waals surface area contributed by atoms with E-state index in [1.54, 1.807) is 20.1 Å². The number of hydrogen-bond acceptors (Lipinski definition) is 9. The lowest BCUT2D eigenvalue weighted by Gasteiger charge is -2.28. The summed E-state index contributed by atoms with van der Waals surface area (Å²) >= 11 is 1.08. The Balaban J connectivity index is 1.61. The number of amides is 1. The molecule has 2 aromatic heterocycles. The van der Waals surface area contributed by atoms with E-state index in [0.717, 1.165) is 37.0 Å². The predicted molar refractivity (Wildman–Crippen MR) is 131 cm³/mol. The van der Waals surface area contributed by atoms with Crippen molar-refractivity contribution in [1.82, 2.24) is 15.3 Å². The van der Waals surface area contributed by atoms with E-state index in [1.165, 1.54) is 18.5 Å². The molecule has 36 heavy (non-hydrogen) atoms. The molecule has 0 saturated heterocycles. The molecule has 1 aliphatic rings. The summed E-state index contributed by atoms with van der Waals surface area (Å²) in [6.45, 7) is 0.964. The summed E-state index contributed by atoms with van der Waals surface area (Å²) in [5.41, 5.74) is 1.05. The number of aliphatic carboxylic acids is 1. The molecule has 192 valence electrons. The van der Waals surface area contributed by atoms with Crippen LogP contribution in [0.2, 0.25) is 0 Å². The number of anilines is 2. The SMILES string of the molecule is COC1CCC(Oc2cc(F)ccc2Nc2ncnc3sc(C(=O)N[C@@H](CO)C(=O)O)c(C)c23)CC1. The number of halogens is 1. The Hall–Kier alpha value is -3.35. The zero-order valence-electron chi connectivity index (χ0n) is 19.8. The van der Waals surface area contributed by atoms with Crippen LogP contribution in [0.5, 0.6) is 5.75 Å². The lowest BCUT2D eigenvalue weighted by molar-refractivity contribution is -0.140. The van der Waals surface area contributed by atoms with E-state index in [9.17, 15) is 19.1 Å². The minimum Gasteiger partial charge on any atom is -0.488 e. The molecule has 4 N–H and O–H groups in total. The van der Waals surface area contributed by atoms with Crippen molar-refractivity contribution < 1.29 is 33.7 Å². The third-order valence-corrected chi connectivity index (χ3v) is 7.36. The van der Waals surface area contributed by atoms with Crippen LogP contribution in [-0.4, -0.2) is 64.0 Å². The third-order valence-electron chi connectivity index (χ3n) is 6.16. The topological polar surface area (TPSA) is 143 Å². The Kier molecular flexibility index (Phi) is 7.97. The monoisotopic (exact) mass is 518 g/mol. The van der Waals surface area contributed by atoms with Gasteiger partial charge in [0.1, 0.15) is 28.5 Å². The van der Waals surface area contributed by atoms with Crippen molar-refractivity contribution in [2.75, 3.05) is 19.0 Å². The fourth-order valence-corrected chi connectivity index (χ4v) is 5.23.